The standard InChI is InChI=1S/C30H25ClN4O6S2/c1-2-3-16-41-22-14-10-19(11-15-22)26(36)24-25(18-8-12-21(13-9-18)35(39)40)34(28(38)27(24)37)29-32-33-30(43-29)42-17-20-6-4-5-7-23(20)31/h4-15,25,36H,2-3,16-17H2,1H3. The molecule has 1 aliphatic rings. The molecular formula is C30H25ClN4O6S2. The molecule has 1 fully saturated rings. The van der Waals surface area contributed by atoms with Crippen LogP contribution in [0.2, 0.25) is 5.02 Å². The molecule has 3 aromatic carbocycles. The zero-order valence-electron chi connectivity index (χ0n) is 22.8. The Kier molecular flexibility index (Phi) is 9.39. The van der Waals surface area contributed by atoms with Crippen LogP contribution in [0.1, 0.15) is 42.5 Å². The second kappa shape index (κ2) is 13.4. The monoisotopic (exact) mass is 636 g/mol. The van der Waals surface area contributed by atoms with Crippen molar-refractivity contribution in [1.82, 2.24) is 10.2 Å². The van der Waals surface area contributed by atoms with Gasteiger partial charge in [0.1, 0.15) is 11.5 Å². The number of non-ortho nitro benzene ring substituents is 1. The number of ether oxygens (including phenoxy) is 1. The summed E-state index contributed by atoms with van der Waals surface area (Å²) in [6.07, 6.45) is 1.88. The van der Waals surface area contributed by atoms with Crippen molar-refractivity contribution in [2.24, 2.45) is 0 Å². The number of aromatic nitrogens is 2. The van der Waals surface area contributed by atoms with Gasteiger partial charge in [-0.1, -0.05) is 66.2 Å². The third kappa shape index (κ3) is 6.56. The number of rotatable bonds is 11. The number of carbonyl (C=O) groups is 2. The number of halogens is 1. The van der Waals surface area contributed by atoms with Crippen molar-refractivity contribution in [3.8, 4) is 5.75 Å². The number of nitro groups is 1. The number of nitro benzene ring substituents is 1. The predicted octanol–water partition coefficient (Wildman–Crippen LogP) is 7.20. The first-order valence-electron chi connectivity index (χ1n) is 13.3. The minimum Gasteiger partial charge on any atom is -0.507 e. The third-order valence-electron chi connectivity index (χ3n) is 6.67. The molecule has 5 rings (SSSR count). The molecule has 1 atom stereocenters. The molecule has 4 aromatic rings. The van der Waals surface area contributed by atoms with E-state index in [-0.39, 0.29) is 22.2 Å². The van der Waals surface area contributed by atoms with Gasteiger partial charge in [0.2, 0.25) is 5.13 Å². The lowest BCUT2D eigenvalue weighted by atomic mass is 9.95. The van der Waals surface area contributed by atoms with Crippen molar-refractivity contribution in [3.05, 3.63) is 110 Å². The first-order chi connectivity index (χ1) is 20.8. The number of aliphatic hydroxyl groups is 1. The van der Waals surface area contributed by atoms with Crippen LogP contribution in [-0.4, -0.2) is 38.5 Å². The Morgan fingerprint density at radius 1 is 1.09 bits per heavy atom. The van der Waals surface area contributed by atoms with Crippen molar-refractivity contribution in [2.75, 3.05) is 11.5 Å². The molecule has 1 unspecified atom stereocenters. The van der Waals surface area contributed by atoms with E-state index in [0.717, 1.165) is 29.7 Å². The molecular weight excluding hydrogens is 612 g/mol. The van der Waals surface area contributed by atoms with Gasteiger partial charge >= 0.3 is 5.91 Å². The smallest absolute Gasteiger partial charge is 0.301 e. The first kappa shape index (κ1) is 30.2. The fourth-order valence-corrected chi connectivity index (χ4v) is 6.59. The zero-order chi connectivity index (χ0) is 30.5. The highest BCUT2D eigenvalue weighted by atomic mass is 35.5. The molecule has 13 heteroatoms. The lowest BCUT2D eigenvalue weighted by molar-refractivity contribution is -0.384. The van der Waals surface area contributed by atoms with Gasteiger partial charge in [-0.2, -0.15) is 0 Å². The van der Waals surface area contributed by atoms with Gasteiger partial charge in [-0.15, -0.1) is 10.2 Å². The summed E-state index contributed by atoms with van der Waals surface area (Å²) in [6.45, 7) is 2.61. The van der Waals surface area contributed by atoms with E-state index in [1.807, 2.05) is 18.2 Å². The normalized spacial score (nSPS) is 16.0. The molecule has 0 aliphatic carbocycles. The fraction of sp³-hybridized carbons (Fsp3) is 0.200. The van der Waals surface area contributed by atoms with E-state index in [2.05, 4.69) is 17.1 Å². The second-order valence-corrected chi connectivity index (χ2v) is 12.1. The van der Waals surface area contributed by atoms with Crippen LogP contribution in [0.5, 0.6) is 5.75 Å². The molecule has 1 amide bonds. The predicted molar refractivity (Wildman–Crippen MR) is 166 cm³/mol. The number of aliphatic hydroxyl groups excluding tert-OH is 1. The Morgan fingerprint density at radius 3 is 2.49 bits per heavy atom. The molecule has 0 saturated carbocycles. The van der Waals surface area contributed by atoms with Crippen LogP contribution in [-0.2, 0) is 15.3 Å². The molecule has 1 aromatic heterocycles. The Morgan fingerprint density at radius 2 is 1.81 bits per heavy atom. The summed E-state index contributed by atoms with van der Waals surface area (Å²) >= 11 is 8.75. The molecule has 1 saturated heterocycles. The highest BCUT2D eigenvalue weighted by Crippen LogP contribution is 2.44. The number of thioether (sulfide) groups is 1. The van der Waals surface area contributed by atoms with E-state index >= 15 is 0 Å². The highest BCUT2D eigenvalue weighted by molar-refractivity contribution is 8.00. The van der Waals surface area contributed by atoms with Crippen molar-refractivity contribution in [2.45, 2.75) is 35.9 Å². The maximum atomic E-state index is 13.5. The number of nitrogens with zero attached hydrogens (tertiary/aromatic N) is 4. The Labute approximate surface area is 260 Å². The third-order valence-corrected chi connectivity index (χ3v) is 9.14. The van der Waals surface area contributed by atoms with Crippen LogP contribution in [0.3, 0.4) is 0 Å². The number of Topliss-reactive ketones (excluding diaryl/α,β-unsaturated/α-hetero) is 1. The van der Waals surface area contributed by atoms with Crippen LogP contribution < -0.4 is 9.64 Å². The average molecular weight is 637 g/mol. The second-order valence-electron chi connectivity index (χ2n) is 9.47. The Balaban J connectivity index is 1.51. The number of amides is 1. The van der Waals surface area contributed by atoms with Gasteiger partial charge in [0.15, 0.2) is 4.34 Å². The molecule has 1 aliphatic heterocycles. The quantitative estimate of drug-likeness (QED) is 0.0265. The summed E-state index contributed by atoms with van der Waals surface area (Å²) in [7, 11) is 0. The fourth-order valence-electron chi connectivity index (χ4n) is 4.44. The summed E-state index contributed by atoms with van der Waals surface area (Å²) in [5, 5.41) is 31.8. The molecule has 43 heavy (non-hydrogen) atoms. The first-order valence-corrected chi connectivity index (χ1v) is 15.4. The largest absolute Gasteiger partial charge is 0.507 e. The van der Waals surface area contributed by atoms with Crippen LogP contribution in [0.25, 0.3) is 5.76 Å². The average Bonchev–Trinajstić information content (AvgIpc) is 3.58. The van der Waals surface area contributed by atoms with Crippen LogP contribution in [0.4, 0.5) is 10.8 Å². The van der Waals surface area contributed by atoms with Crippen molar-refractivity contribution in [1.29, 1.82) is 0 Å². The molecule has 0 bridgehead atoms. The summed E-state index contributed by atoms with van der Waals surface area (Å²) in [5.41, 5.74) is 1.26. The minimum atomic E-state index is -1.10. The lowest BCUT2D eigenvalue weighted by Crippen LogP contribution is -2.29. The molecule has 10 nitrogen and oxygen atoms in total. The van der Waals surface area contributed by atoms with Gasteiger partial charge in [-0.25, -0.2) is 0 Å². The highest BCUT2D eigenvalue weighted by Gasteiger charge is 2.48. The van der Waals surface area contributed by atoms with Gasteiger partial charge in [-0.05, 0) is 60.0 Å². The van der Waals surface area contributed by atoms with Gasteiger partial charge in [0, 0.05) is 28.5 Å². The van der Waals surface area contributed by atoms with Crippen molar-refractivity contribution >= 4 is 63.0 Å². The maximum Gasteiger partial charge on any atom is 0.301 e. The topological polar surface area (TPSA) is 136 Å². The van der Waals surface area contributed by atoms with Crippen molar-refractivity contribution < 1.29 is 24.4 Å². The van der Waals surface area contributed by atoms with Gasteiger partial charge in [0.05, 0.1) is 23.1 Å². The van der Waals surface area contributed by atoms with Gasteiger partial charge in [0.25, 0.3) is 11.5 Å². The van der Waals surface area contributed by atoms with E-state index < -0.39 is 22.7 Å². The van der Waals surface area contributed by atoms with Gasteiger partial charge < -0.3 is 9.84 Å². The number of ketones is 1. The summed E-state index contributed by atoms with van der Waals surface area (Å²) < 4.78 is 6.23. The Hall–Kier alpha value is -4.26. The number of anilines is 1. The number of hydrogen-bond donors (Lipinski definition) is 1. The lowest BCUT2D eigenvalue weighted by Gasteiger charge is -2.22. The SMILES string of the molecule is CCCCOc1ccc(C(O)=C2C(=O)C(=O)N(c3nnc(SCc4ccccc4Cl)s3)C2c2ccc([N+](=O)[O-])cc2)cc1. The van der Waals surface area contributed by atoms with Gasteiger partial charge in [-0.3, -0.25) is 24.6 Å². The zero-order valence-corrected chi connectivity index (χ0v) is 25.2. The maximum absolute atomic E-state index is 13.5. The summed E-state index contributed by atoms with van der Waals surface area (Å²) in [6, 6.07) is 18.3. The molecule has 220 valence electrons. The number of benzene rings is 3. The van der Waals surface area contributed by atoms with E-state index in [1.165, 1.54) is 40.9 Å². The number of unbranched alkanes of at least 4 members (excludes halogenated alkanes) is 1. The molecule has 1 N–H and O–H groups in total. The summed E-state index contributed by atoms with van der Waals surface area (Å²) in [5.74, 6) is -1.08. The van der Waals surface area contributed by atoms with E-state index in [0.29, 0.717) is 38.6 Å². The number of carbonyl (C=O) groups excluding carboxylic acids is 2. The van der Waals surface area contributed by atoms with E-state index in [9.17, 15) is 24.8 Å². The van der Waals surface area contributed by atoms with Crippen LogP contribution in [0, 0.1) is 10.1 Å². The summed E-state index contributed by atoms with van der Waals surface area (Å²) in [4.78, 5) is 38.8. The molecule has 0 spiro atoms. The van der Waals surface area contributed by atoms with Crippen LogP contribution in [0.15, 0.2) is 82.7 Å². The number of hydrogen-bond acceptors (Lipinski definition) is 10. The Bertz CT molecular complexity index is 1690. The van der Waals surface area contributed by atoms with E-state index in [1.54, 1.807) is 30.3 Å². The molecule has 0 radical (unpaired) electrons. The van der Waals surface area contributed by atoms with Crippen LogP contribution >= 0.6 is 34.7 Å². The van der Waals surface area contributed by atoms with E-state index in [4.69, 9.17) is 16.3 Å². The minimum absolute atomic E-state index is 0.144. The molecule has 2 heterocycles. The van der Waals surface area contributed by atoms with Crippen molar-refractivity contribution in [3.63, 3.8) is 0 Å².